The Morgan fingerprint density at radius 2 is 1.64 bits per heavy atom. The lowest BCUT2D eigenvalue weighted by atomic mass is 9.85. The number of benzene rings is 4. The van der Waals surface area contributed by atoms with Crippen LogP contribution in [0.1, 0.15) is 34.0 Å². The quantitative estimate of drug-likeness (QED) is 0.183. The monoisotopic (exact) mass is 610 g/mol. The summed E-state index contributed by atoms with van der Waals surface area (Å²) in [6.07, 6.45) is 1.64. The van der Waals surface area contributed by atoms with E-state index in [4.69, 9.17) is 18.4 Å². The Hall–Kier alpha value is -4.31. The van der Waals surface area contributed by atoms with Crippen LogP contribution >= 0.6 is 0 Å². The van der Waals surface area contributed by atoms with E-state index >= 15 is 0 Å². The van der Waals surface area contributed by atoms with Gasteiger partial charge in [0.25, 0.3) is 10.1 Å². The van der Waals surface area contributed by atoms with Crippen LogP contribution in [0.15, 0.2) is 95.9 Å². The minimum atomic E-state index is -3.93. The highest BCUT2D eigenvalue weighted by Crippen LogP contribution is 2.45. The third-order valence-electron chi connectivity index (χ3n) is 8.74. The molecule has 0 amide bonds. The number of ether oxygens (including phenoxy) is 3. The van der Waals surface area contributed by atoms with Crippen LogP contribution in [0.3, 0.4) is 0 Å². The maximum Gasteiger partial charge on any atom is 0.298 e. The Morgan fingerprint density at radius 1 is 0.864 bits per heavy atom. The number of rotatable bonds is 9. The van der Waals surface area contributed by atoms with Crippen molar-refractivity contribution >= 4 is 21.0 Å². The highest BCUT2D eigenvalue weighted by Gasteiger charge is 2.36. The van der Waals surface area contributed by atoms with Crippen molar-refractivity contribution < 1.29 is 26.8 Å². The lowest BCUT2D eigenvalue weighted by Gasteiger charge is -2.41. The molecule has 1 unspecified atom stereocenters. The molecule has 0 saturated carbocycles. The van der Waals surface area contributed by atoms with Gasteiger partial charge in [-0.05, 0) is 77.6 Å². The highest BCUT2D eigenvalue weighted by atomic mass is 32.2. The summed E-state index contributed by atoms with van der Waals surface area (Å²) in [5.74, 6) is 2.22. The first kappa shape index (κ1) is 28.5. The fourth-order valence-corrected chi connectivity index (χ4v) is 7.37. The van der Waals surface area contributed by atoms with Crippen molar-refractivity contribution in [3.63, 3.8) is 0 Å². The average molecular weight is 611 g/mol. The summed E-state index contributed by atoms with van der Waals surface area (Å²) in [6.45, 7) is 1.88. The largest absolute Gasteiger partial charge is 0.497 e. The minimum absolute atomic E-state index is 0.112. The SMILES string of the molecule is COc1ccc2c(c1)c1c(n2COS(=O)(=O)c2ccccc2)CN2CCc3cc(OC)c(OCc4ccccc4)cc3C2C1. The lowest BCUT2D eigenvalue weighted by Crippen LogP contribution is -2.40. The first-order chi connectivity index (χ1) is 21.4. The second-order valence-electron chi connectivity index (χ2n) is 11.2. The Labute approximate surface area is 257 Å². The molecule has 3 heterocycles. The lowest BCUT2D eigenvalue weighted by molar-refractivity contribution is 0.149. The molecule has 0 aliphatic carbocycles. The summed E-state index contributed by atoms with van der Waals surface area (Å²) in [5.41, 5.74) is 6.74. The Morgan fingerprint density at radius 3 is 2.39 bits per heavy atom. The smallest absolute Gasteiger partial charge is 0.298 e. The zero-order chi connectivity index (χ0) is 30.3. The molecule has 1 aromatic heterocycles. The molecule has 0 saturated heterocycles. The van der Waals surface area contributed by atoms with Crippen molar-refractivity contribution in [2.24, 2.45) is 0 Å². The Bertz CT molecular complexity index is 1920. The number of hydrogen-bond donors (Lipinski definition) is 0. The normalized spacial score (nSPS) is 16.2. The van der Waals surface area contributed by atoms with E-state index in [1.54, 1.807) is 44.6 Å². The molecule has 5 aromatic rings. The molecule has 44 heavy (non-hydrogen) atoms. The number of aromatic nitrogens is 1. The maximum absolute atomic E-state index is 13.0. The van der Waals surface area contributed by atoms with Gasteiger partial charge in [0.05, 0.1) is 24.6 Å². The molecule has 0 fully saturated rings. The van der Waals surface area contributed by atoms with Crippen LogP contribution in [0.2, 0.25) is 0 Å². The zero-order valence-corrected chi connectivity index (χ0v) is 25.5. The second-order valence-corrected chi connectivity index (χ2v) is 12.8. The van der Waals surface area contributed by atoms with Crippen LogP contribution in [0.5, 0.6) is 17.2 Å². The van der Waals surface area contributed by atoms with E-state index in [2.05, 4.69) is 17.0 Å². The van der Waals surface area contributed by atoms with Gasteiger partial charge in [-0.3, -0.25) is 4.90 Å². The molecule has 0 N–H and O–H groups in total. The molecule has 226 valence electrons. The maximum atomic E-state index is 13.0. The van der Waals surface area contributed by atoms with E-state index in [-0.39, 0.29) is 17.7 Å². The van der Waals surface area contributed by atoms with E-state index in [1.807, 2.05) is 53.1 Å². The molecule has 2 aliphatic heterocycles. The number of hydrogen-bond acceptors (Lipinski definition) is 7. The summed E-state index contributed by atoms with van der Waals surface area (Å²) in [4.78, 5) is 2.61. The van der Waals surface area contributed by atoms with E-state index in [1.165, 1.54) is 16.7 Å². The molecule has 9 heteroatoms. The number of fused-ring (bicyclic) bond motifs is 6. The van der Waals surface area contributed by atoms with Gasteiger partial charge in [0.2, 0.25) is 0 Å². The fraction of sp³-hybridized carbons (Fsp3) is 0.257. The van der Waals surface area contributed by atoms with Gasteiger partial charge in [-0.25, -0.2) is 4.18 Å². The minimum Gasteiger partial charge on any atom is -0.497 e. The first-order valence-electron chi connectivity index (χ1n) is 14.7. The van der Waals surface area contributed by atoms with E-state index in [0.29, 0.717) is 13.2 Å². The number of nitrogens with zero attached hydrogens (tertiary/aromatic N) is 2. The summed E-state index contributed by atoms with van der Waals surface area (Å²) in [6, 6.07) is 28.7. The summed E-state index contributed by atoms with van der Waals surface area (Å²) in [5, 5.41) is 1.04. The molecule has 0 spiro atoms. The van der Waals surface area contributed by atoms with Crippen molar-refractivity contribution in [1.29, 1.82) is 0 Å². The molecule has 7 rings (SSSR count). The summed E-state index contributed by atoms with van der Waals surface area (Å²) in [7, 11) is -0.591. The molecule has 4 aromatic carbocycles. The van der Waals surface area contributed by atoms with Crippen molar-refractivity contribution in [3.05, 3.63) is 119 Å². The highest BCUT2D eigenvalue weighted by molar-refractivity contribution is 7.86. The number of methoxy groups -OCH3 is 2. The van der Waals surface area contributed by atoms with Crippen LogP contribution < -0.4 is 14.2 Å². The Kier molecular flexibility index (Phi) is 7.53. The van der Waals surface area contributed by atoms with Crippen LogP contribution in [-0.2, 0) is 47.0 Å². The third kappa shape index (κ3) is 5.21. The van der Waals surface area contributed by atoms with Crippen molar-refractivity contribution in [1.82, 2.24) is 9.47 Å². The van der Waals surface area contributed by atoms with Gasteiger partial charge in [-0.2, -0.15) is 8.42 Å². The molecule has 2 aliphatic rings. The molecule has 8 nitrogen and oxygen atoms in total. The van der Waals surface area contributed by atoms with Gasteiger partial charge in [0.1, 0.15) is 19.1 Å². The molecular formula is C35H34N2O6S. The van der Waals surface area contributed by atoms with E-state index in [0.717, 1.165) is 58.8 Å². The first-order valence-corrected chi connectivity index (χ1v) is 16.1. The molecule has 0 radical (unpaired) electrons. The van der Waals surface area contributed by atoms with Crippen molar-refractivity contribution in [3.8, 4) is 17.2 Å². The van der Waals surface area contributed by atoms with E-state index in [9.17, 15) is 8.42 Å². The predicted octanol–water partition coefficient (Wildman–Crippen LogP) is 6.26. The van der Waals surface area contributed by atoms with Crippen LogP contribution in [0.4, 0.5) is 0 Å². The van der Waals surface area contributed by atoms with Gasteiger partial charge in [0, 0.05) is 30.2 Å². The van der Waals surface area contributed by atoms with Gasteiger partial charge in [-0.15, -0.1) is 0 Å². The molecular weight excluding hydrogens is 576 g/mol. The fourth-order valence-electron chi connectivity index (χ4n) is 6.50. The van der Waals surface area contributed by atoms with Gasteiger partial charge >= 0.3 is 0 Å². The van der Waals surface area contributed by atoms with Gasteiger partial charge < -0.3 is 18.8 Å². The Balaban J connectivity index is 1.24. The average Bonchev–Trinajstić information content (AvgIpc) is 3.37. The van der Waals surface area contributed by atoms with Crippen molar-refractivity contribution in [2.75, 3.05) is 20.8 Å². The topological polar surface area (TPSA) is 79.2 Å². The van der Waals surface area contributed by atoms with Gasteiger partial charge in [0.15, 0.2) is 11.5 Å². The standard InChI is InChI=1S/C35H34N2O6S/c1-40-26-13-14-31-29(18-26)30-19-32-28-20-35(42-22-24-9-5-3-6-10-24)34(41-2)17-25(28)15-16-36(32)21-33(30)37(31)23-43-44(38,39)27-11-7-4-8-12-27/h3-14,17-18,20,32H,15-16,19,21-23H2,1-2H3. The van der Waals surface area contributed by atoms with Crippen LogP contribution in [0.25, 0.3) is 10.9 Å². The predicted molar refractivity (Wildman–Crippen MR) is 168 cm³/mol. The second kappa shape index (κ2) is 11.6. The summed E-state index contributed by atoms with van der Waals surface area (Å²) >= 11 is 0. The van der Waals surface area contributed by atoms with Crippen LogP contribution in [-0.4, -0.2) is 38.6 Å². The van der Waals surface area contributed by atoms with E-state index < -0.39 is 10.1 Å². The molecule has 1 atom stereocenters. The third-order valence-corrected chi connectivity index (χ3v) is 10.0. The van der Waals surface area contributed by atoms with Gasteiger partial charge in [-0.1, -0.05) is 48.5 Å². The zero-order valence-electron chi connectivity index (χ0n) is 24.7. The van der Waals surface area contributed by atoms with Crippen LogP contribution in [0, 0.1) is 0 Å². The molecule has 0 bridgehead atoms. The van der Waals surface area contributed by atoms with Crippen molar-refractivity contribution in [2.45, 2.75) is 43.7 Å². The summed E-state index contributed by atoms with van der Waals surface area (Å²) < 4.78 is 51.3.